The number of anilines is 1. The number of nitrogens with one attached hydrogen (secondary N) is 1. The van der Waals surface area contributed by atoms with E-state index in [9.17, 15) is 9.59 Å². The van der Waals surface area contributed by atoms with E-state index in [4.69, 9.17) is 22.2 Å². The van der Waals surface area contributed by atoms with Crippen LogP contribution in [0.1, 0.15) is 25.3 Å². The quantitative estimate of drug-likeness (QED) is 0.624. The van der Waals surface area contributed by atoms with Crippen molar-refractivity contribution in [1.82, 2.24) is 4.90 Å². The summed E-state index contributed by atoms with van der Waals surface area (Å²) in [6.07, 6.45) is 1.33. The molecule has 25 heavy (non-hydrogen) atoms. The smallest absolute Gasteiger partial charge is 0.317 e. The Morgan fingerprint density at radius 2 is 2.00 bits per heavy atom. The lowest BCUT2D eigenvalue weighted by molar-refractivity contribution is -0.150. The molecule has 1 saturated heterocycles. The summed E-state index contributed by atoms with van der Waals surface area (Å²) in [6, 6.07) is 8.44. The predicted molar refractivity (Wildman–Crippen MR) is 101 cm³/mol. The van der Waals surface area contributed by atoms with Gasteiger partial charge in [0.2, 0.25) is 0 Å². The number of carbonyl (C=O) groups is 2. The zero-order chi connectivity index (χ0) is 18.2. The molecule has 0 aliphatic carbocycles. The molecule has 2 rings (SSSR count). The minimum atomic E-state index is -0.913. The van der Waals surface area contributed by atoms with E-state index in [0.29, 0.717) is 15.6 Å². The molecule has 1 aliphatic heterocycles. The molecule has 1 fully saturated rings. The van der Waals surface area contributed by atoms with E-state index in [1.165, 1.54) is 18.7 Å². The van der Waals surface area contributed by atoms with Crippen LogP contribution in [-0.4, -0.2) is 46.0 Å². The third-order valence-corrected chi connectivity index (χ3v) is 5.13. The number of nitriles is 1. The lowest BCUT2D eigenvalue weighted by Crippen LogP contribution is -2.31. The first-order valence-electron chi connectivity index (χ1n) is 7.92. The van der Waals surface area contributed by atoms with E-state index < -0.39 is 18.0 Å². The topological polar surface area (TPSA) is 82.4 Å². The van der Waals surface area contributed by atoms with Crippen LogP contribution in [0.2, 0.25) is 0 Å². The fourth-order valence-electron chi connectivity index (χ4n) is 2.27. The van der Waals surface area contributed by atoms with E-state index in [1.807, 2.05) is 6.07 Å². The van der Waals surface area contributed by atoms with Crippen LogP contribution < -0.4 is 5.32 Å². The van der Waals surface area contributed by atoms with Gasteiger partial charge >= 0.3 is 5.97 Å². The van der Waals surface area contributed by atoms with Gasteiger partial charge in [-0.05, 0) is 44.0 Å². The lowest BCUT2D eigenvalue weighted by Gasteiger charge is -2.18. The summed E-state index contributed by atoms with van der Waals surface area (Å²) in [4.78, 5) is 26.0. The number of likely N-dealkylation sites (tertiary alicyclic amines) is 1. The summed E-state index contributed by atoms with van der Waals surface area (Å²) in [5.41, 5.74) is 1.04. The van der Waals surface area contributed by atoms with Gasteiger partial charge in [-0.25, -0.2) is 0 Å². The Hall–Kier alpha value is -2.11. The molecule has 132 valence electrons. The van der Waals surface area contributed by atoms with E-state index in [2.05, 4.69) is 10.2 Å². The number of hydrogen-bond acceptors (Lipinski definition) is 6. The van der Waals surface area contributed by atoms with Gasteiger partial charge in [-0.15, -0.1) is 0 Å². The van der Waals surface area contributed by atoms with Crippen molar-refractivity contribution in [2.24, 2.45) is 0 Å². The zero-order valence-electron chi connectivity index (χ0n) is 13.9. The van der Waals surface area contributed by atoms with Crippen molar-refractivity contribution in [1.29, 1.82) is 5.26 Å². The SMILES string of the molecule is C[C@@H](OC(=O)CSC(=S)N1CCCC1)C(=O)Nc1ccc(C#N)cc1. The highest BCUT2D eigenvalue weighted by molar-refractivity contribution is 8.23. The third kappa shape index (κ3) is 6.03. The monoisotopic (exact) mass is 377 g/mol. The molecule has 0 radical (unpaired) electrons. The van der Waals surface area contributed by atoms with Crippen LogP contribution in [0.25, 0.3) is 0 Å². The maximum absolute atomic E-state index is 12.1. The molecule has 6 nitrogen and oxygen atoms in total. The number of amides is 1. The van der Waals surface area contributed by atoms with Gasteiger partial charge in [-0.1, -0.05) is 24.0 Å². The van der Waals surface area contributed by atoms with Crippen molar-refractivity contribution in [3.63, 3.8) is 0 Å². The van der Waals surface area contributed by atoms with Crippen LogP contribution >= 0.6 is 24.0 Å². The van der Waals surface area contributed by atoms with Crippen LogP contribution in [-0.2, 0) is 14.3 Å². The summed E-state index contributed by atoms with van der Waals surface area (Å²) in [7, 11) is 0. The Morgan fingerprint density at radius 3 is 2.60 bits per heavy atom. The summed E-state index contributed by atoms with van der Waals surface area (Å²) in [6.45, 7) is 3.38. The van der Waals surface area contributed by atoms with Crippen LogP contribution in [0.5, 0.6) is 0 Å². The fourth-order valence-corrected chi connectivity index (χ4v) is 3.30. The van der Waals surface area contributed by atoms with Gasteiger partial charge in [-0.3, -0.25) is 9.59 Å². The second kappa shape index (κ2) is 9.39. The summed E-state index contributed by atoms with van der Waals surface area (Å²) < 4.78 is 5.84. The average molecular weight is 377 g/mol. The standard InChI is InChI=1S/C17H19N3O3S2/c1-12(16(22)19-14-6-4-13(10-18)5-7-14)23-15(21)11-25-17(24)20-8-2-3-9-20/h4-7,12H,2-3,8-9,11H2,1H3,(H,19,22)/t12-/m1/s1. The van der Waals surface area contributed by atoms with E-state index in [1.54, 1.807) is 24.3 Å². The number of nitrogens with zero attached hydrogens (tertiary/aromatic N) is 2. The number of benzene rings is 1. The highest BCUT2D eigenvalue weighted by Crippen LogP contribution is 2.16. The van der Waals surface area contributed by atoms with E-state index >= 15 is 0 Å². The van der Waals surface area contributed by atoms with Crippen molar-refractivity contribution in [3.8, 4) is 6.07 Å². The number of ether oxygens (including phenoxy) is 1. The Labute approximate surface area is 156 Å². The molecule has 1 aliphatic rings. The molecule has 1 heterocycles. The average Bonchev–Trinajstić information content (AvgIpc) is 3.15. The molecule has 0 spiro atoms. The van der Waals surface area contributed by atoms with Gasteiger partial charge in [0.15, 0.2) is 6.10 Å². The van der Waals surface area contributed by atoms with Crippen molar-refractivity contribution in [2.45, 2.75) is 25.9 Å². The molecule has 1 atom stereocenters. The number of hydrogen-bond donors (Lipinski definition) is 1. The Bertz CT molecular complexity index is 679. The fraction of sp³-hybridized carbons (Fsp3) is 0.412. The molecular formula is C17H19N3O3S2. The van der Waals surface area contributed by atoms with Crippen molar-refractivity contribution < 1.29 is 14.3 Å². The highest BCUT2D eigenvalue weighted by Gasteiger charge is 2.20. The Balaban J connectivity index is 1.74. The normalized spacial score (nSPS) is 14.5. The van der Waals surface area contributed by atoms with Gasteiger partial charge in [0.25, 0.3) is 5.91 Å². The molecular weight excluding hydrogens is 358 g/mol. The van der Waals surface area contributed by atoms with Crippen molar-refractivity contribution in [2.75, 3.05) is 24.2 Å². The summed E-state index contributed by atoms with van der Waals surface area (Å²) in [5.74, 6) is -0.816. The van der Waals surface area contributed by atoms with Gasteiger partial charge < -0.3 is 15.0 Å². The second-order valence-corrected chi connectivity index (χ2v) is 7.17. The molecule has 1 aromatic carbocycles. The van der Waals surface area contributed by atoms with E-state index in [-0.39, 0.29) is 5.75 Å². The molecule has 8 heteroatoms. The first kappa shape index (κ1) is 19.2. The van der Waals surface area contributed by atoms with Crippen LogP contribution in [0.15, 0.2) is 24.3 Å². The largest absolute Gasteiger partial charge is 0.452 e. The lowest BCUT2D eigenvalue weighted by atomic mass is 10.2. The van der Waals surface area contributed by atoms with Gasteiger partial charge in [0.1, 0.15) is 4.32 Å². The number of carbonyl (C=O) groups excluding carboxylic acids is 2. The number of thiocarbonyl (C=S) groups is 1. The molecule has 0 unspecified atom stereocenters. The molecule has 1 aromatic rings. The second-order valence-electron chi connectivity index (χ2n) is 5.56. The van der Waals surface area contributed by atoms with Gasteiger partial charge in [0.05, 0.1) is 17.4 Å². The molecule has 0 bridgehead atoms. The first-order valence-corrected chi connectivity index (χ1v) is 9.31. The molecule has 0 saturated carbocycles. The van der Waals surface area contributed by atoms with Gasteiger partial charge in [-0.2, -0.15) is 5.26 Å². The number of thioether (sulfide) groups is 1. The Morgan fingerprint density at radius 1 is 1.36 bits per heavy atom. The summed E-state index contributed by atoms with van der Waals surface area (Å²) in [5, 5.41) is 11.4. The maximum Gasteiger partial charge on any atom is 0.317 e. The van der Waals surface area contributed by atoms with Gasteiger partial charge in [0, 0.05) is 18.8 Å². The molecule has 0 aromatic heterocycles. The molecule has 1 amide bonds. The molecule has 1 N–H and O–H groups in total. The van der Waals surface area contributed by atoms with Crippen LogP contribution in [0.4, 0.5) is 5.69 Å². The Kier molecular flexibility index (Phi) is 7.22. The third-order valence-electron chi connectivity index (χ3n) is 3.64. The minimum Gasteiger partial charge on any atom is -0.452 e. The van der Waals surface area contributed by atoms with Crippen molar-refractivity contribution in [3.05, 3.63) is 29.8 Å². The van der Waals surface area contributed by atoms with Crippen LogP contribution in [0, 0.1) is 11.3 Å². The van der Waals surface area contributed by atoms with Crippen LogP contribution in [0.3, 0.4) is 0 Å². The highest BCUT2D eigenvalue weighted by atomic mass is 32.2. The number of rotatable bonds is 5. The minimum absolute atomic E-state index is 0.0871. The number of esters is 1. The van der Waals surface area contributed by atoms with E-state index in [0.717, 1.165) is 25.9 Å². The first-order chi connectivity index (χ1) is 12.0. The predicted octanol–water partition coefficient (Wildman–Crippen LogP) is 2.54. The maximum atomic E-state index is 12.1. The van der Waals surface area contributed by atoms with Crippen molar-refractivity contribution >= 4 is 45.9 Å². The summed E-state index contributed by atoms with van der Waals surface area (Å²) >= 11 is 6.55. The zero-order valence-corrected chi connectivity index (χ0v) is 15.5.